The number of carbonyl (C=O) groups excluding carboxylic acids is 2. The van der Waals surface area contributed by atoms with Crippen molar-refractivity contribution in [3.05, 3.63) is 68.0 Å². The van der Waals surface area contributed by atoms with Gasteiger partial charge in [-0.2, -0.15) is 0 Å². The Morgan fingerprint density at radius 1 is 1.33 bits per heavy atom. The molecule has 0 radical (unpaired) electrons. The fourth-order valence-electron chi connectivity index (χ4n) is 3.66. The van der Waals surface area contributed by atoms with Crippen molar-refractivity contribution in [2.24, 2.45) is 5.18 Å². The van der Waals surface area contributed by atoms with Crippen molar-refractivity contribution in [3.8, 4) is 0 Å². The van der Waals surface area contributed by atoms with E-state index >= 15 is 0 Å². The number of fused-ring (bicyclic) bond motifs is 2. The molecule has 2 aliphatic heterocycles. The molecule has 0 bridgehead atoms. The summed E-state index contributed by atoms with van der Waals surface area (Å²) in [6.45, 7) is 1.87. The number of ether oxygens (including phenoxy) is 1. The highest BCUT2D eigenvalue weighted by molar-refractivity contribution is 6.01. The van der Waals surface area contributed by atoms with E-state index in [1.165, 1.54) is 9.47 Å². The Hall–Kier alpha value is -3.47. The Balaban J connectivity index is 1.67. The van der Waals surface area contributed by atoms with Crippen molar-refractivity contribution >= 4 is 17.5 Å². The molecule has 3 heterocycles. The van der Waals surface area contributed by atoms with E-state index in [2.05, 4.69) is 10.5 Å². The number of hydrogen-bond donors (Lipinski definition) is 1. The molecule has 2 amide bonds. The molecule has 156 valence electrons. The lowest BCUT2D eigenvalue weighted by Crippen LogP contribution is -2.49. The topological polar surface area (TPSA) is 110 Å². The van der Waals surface area contributed by atoms with E-state index in [-0.39, 0.29) is 30.4 Å². The maximum atomic E-state index is 13.8. The molecule has 0 aliphatic carbocycles. The lowest BCUT2D eigenvalue weighted by atomic mass is 10.1. The van der Waals surface area contributed by atoms with Gasteiger partial charge in [0.25, 0.3) is 11.8 Å². The van der Waals surface area contributed by atoms with Gasteiger partial charge in [-0.3, -0.25) is 14.4 Å². The number of nitrogens with zero attached hydrogens (tertiary/aromatic N) is 3. The van der Waals surface area contributed by atoms with Crippen LogP contribution in [0.1, 0.15) is 33.3 Å². The largest absolute Gasteiger partial charge is 0.354 e. The van der Waals surface area contributed by atoms with Gasteiger partial charge >= 0.3 is 0 Å². The van der Waals surface area contributed by atoms with Gasteiger partial charge in [-0.1, -0.05) is 6.07 Å². The normalized spacial score (nSPS) is 20.0. The van der Waals surface area contributed by atoms with Gasteiger partial charge in [0.05, 0.1) is 19.2 Å². The summed E-state index contributed by atoms with van der Waals surface area (Å²) >= 11 is 0. The minimum absolute atomic E-state index is 0.00992. The fourth-order valence-corrected chi connectivity index (χ4v) is 3.66. The minimum Gasteiger partial charge on any atom is -0.354 e. The summed E-state index contributed by atoms with van der Waals surface area (Å²) in [5.41, 5.74) is -2.30. The SMILES string of the molecule is C[C@H]1CO[C@@H]2Cn3cc(C(=O)NCc4ccc(F)cc4F)c(=O)c(N=O)c3C(=O)N12. The molecule has 1 fully saturated rings. The van der Waals surface area contributed by atoms with Gasteiger partial charge in [-0.25, -0.2) is 8.78 Å². The van der Waals surface area contributed by atoms with Crippen molar-refractivity contribution in [3.63, 3.8) is 0 Å². The smallest absolute Gasteiger partial charge is 0.275 e. The fraction of sp³-hybridized carbons (Fsp3) is 0.316. The number of carbonyl (C=O) groups is 2. The van der Waals surface area contributed by atoms with Crippen LogP contribution in [0.2, 0.25) is 0 Å². The zero-order valence-corrected chi connectivity index (χ0v) is 15.7. The highest BCUT2D eigenvalue weighted by atomic mass is 19.1. The molecule has 9 nitrogen and oxygen atoms in total. The van der Waals surface area contributed by atoms with Crippen molar-refractivity contribution in [1.29, 1.82) is 0 Å². The first kappa shape index (κ1) is 19.8. The third-order valence-corrected chi connectivity index (χ3v) is 5.15. The first-order valence-corrected chi connectivity index (χ1v) is 9.09. The van der Waals surface area contributed by atoms with Crippen LogP contribution in [0.25, 0.3) is 0 Å². The van der Waals surface area contributed by atoms with Gasteiger partial charge < -0.3 is 19.5 Å². The van der Waals surface area contributed by atoms with Crippen molar-refractivity contribution in [1.82, 2.24) is 14.8 Å². The van der Waals surface area contributed by atoms with Crippen LogP contribution < -0.4 is 10.7 Å². The summed E-state index contributed by atoms with van der Waals surface area (Å²) in [6, 6.07) is 2.63. The second-order valence-electron chi connectivity index (χ2n) is 7.08. The summed E-state index contributed by atoms with van der Waals surface area (Å²) in [6.07, 6.45) is 0.566. The zero-order valence-electron chi connectivity index (χ0n) is 15.7. The van der Waals surface area contributed by atoms with E-state index in [0.717, 1.165) is 18.3 Å². The predicted molar refractivity (Wildman–Crippen MR) is 99.1 cm³/mol. The van der Waals surface area contributed by atoms with E-state index in [1.807, 2.05) is 0 Å². The summed E-state index contributed by atoms with van der Waals surface area (Å²) in [4.78, 5) is 50.8. The number of aromatic nitrogens is 1. The standard InChI is InChI=1S/C19H16F2N4O5/c1-9-8-30-14-7-24-6-12(17(26)15(23-29)16(24)19(28)25(9)14)18(27)22-5-10-2-3-11(20)4-13(10)21/h2-4,6,9,14H,5,7-8H2,1H3,(H,22,27)/t9-,14+/m0/s1. The van der Waals surface area contributed by atoms with Gasteiger partial charge in [0.1, 0.15) is 22.9 Å². The van der Waals surface area contributed by atoms with Crippen LogP contribution in [0.3, 0.4) is 0 Å². The molecule has 1 saturated heterocycles. The predicted octanol–water partition coefficient (Wildman–Crippen LogP) is 1.65. The van der Waals surface area contributed by atoms with E-state index < -0.39 is 46.4 Å². The first-order valence-electron chi connectivity index (χ1n) is 9.09. The van der Waals surface area contributed by atoms with Gasteiger partial charge in [0.15, 0.2) is 11.9 Å². The number of amides is 2. The Morgan fingerprint density at radius 2 is 2.10 bits per heavy atom. The van der Waals surface area contributed by atoms with E-state index in [9.17, 15) is 28.1 Å². The van der Waals surface area contributed by atoms with E-state index in [0.29, 0.717) is 12.7 Å². The first-order chi connectivity index (χ1) is 14.3. The lowest BCUT2D eigenvalue weighted by molar-refractivity contribution is 0.00689. The Morgan fingerprint density at radius 3 is 2.80 bits per heavy atom. The Bertz CT molecular complexity index is 1130. The van der Waals surface area contributed by atoms with E-state index in [4.69, 9.17) is 4.74 Å². The second-order valence-corrected chi connectivity index (χ2v) is 7.08. The number of hydrogen-bond acceptors (Lipinski definition) is 6. The highest BCUT2D eigenvalue weighted by Crippen LogP contribution is 2.30. The molecule has 2 aliphatic rings. The van der Waals surface area contributed by atoms with Crippen molar-refractivity contribution in [2.45, 2.75) is 32.3 Å². The average molecular weight is 418 g/mol. The summed E-state index contributed by atoms with van der Waals surface area (Å²) in [7, 11) is 0. The molecule has 0 spiro atoms. The maximum Gasteiger partial charge on any atom is 0.275 e. The Kier molecular flexibility index (Phi) is 4.90. The molecule has 2 aromatic rings. The third kappa shape index (κ3) is 3.16. The molecule has 4 rings (SSSR count). The second kappa shape index (κ2) is 7.41. The molecule has 30 heavy (non-hydrogen) atoms. The quantitative estimate of drug-likeness (QED) is 0.760. The zero-order chi connectivity index (χ0) is 21.6. The molecule has 0 saturated carbocycles. The summed E-state index contributed by atoms with van der Waals surface area (Å²) < 4.78 is 33.6. The maximum absolute atomic E-state index is 13.8. The number of nitroso groups, excluding NO2 is 1. The molecule has 1 N–H and O–H groups in total. The van der Waals surface area contributed by atoms with Crippen LogP contribution in [-0.2, 0) is 17.8 Å². The summed E-state index contributed by atoms with van der Waals surface area (Å²) in [5.74, 6) is -3.09. The molecule has 0 unspecified atom stereocenters. The van der Waals surface area contributed by atoms with Crippen LogP contribution >= 0.6 is 0 Å². The van der Waals surface area contributed by atoms with Crippen LogP contribution in [0, 0.1) is 16.5 Å². The van der Waals surface area contributed by atoms with E-state index in [1.54, 1.807) is 6.92 Å². The highest BCUT2D eigenvalue weighted by Gasteiger charge is 2.43. The van der Waals surface area contributed by atoms with Crippen molar-refractivity contribution in [2.75, 3.05) is 6.61 Å². The van der Waals surface area contributed by atoms with Crippen LogP contribution in [-0.4, -0.2) is 40.2 Å². The number of halogens is 2. The molecule has 1 aromatic carbocycles. The molecular weight excluding hydrogens is 402 g/mol. The molecular formula is C19H16F2N4O5. The number of pyridine rings is 1. The lowest BCUT2D eigenvalue weighted by Gasteiger charge is -2.33. The average Bonchev–Trinajstić information content (AvgIpc) is 3.08. The number of nitrogens with one attached hydrogen (secondary N) is 1. The van der Waals surface area contributed by atoms with Gasteiger partial charge in [0, 0.05) is 24.4 Å². The monoisotopic (exact) mass is 418 g/mol. The number of rotatable bonds is 4. The Labute approximate surface area is 168 Å². The van der Waals surface area contributed by atoms with Crippen molar-refractivity contribution < 1.29 is 23.1 Å². The van der Waals surface area contributed by atoms with Crippen LogP contribution in [0.4, 0.5) is 14.5 Å². The number of benzene rings is 1. The van der Waals surface area contributed by atoms with Gasteiger partial charge in [-0.05, 0) is 18.2 Å². The molecule has 11 heteroatoms. The van der Waals surface area contributed by atoms with Gasteiger partial charge in [0.2, 0.25) is 5.43 Å². The summed E-state index contributed by atoms with van der Waals surface area (Å²) in [5, 5.41) is 5.06. The third-order valence-electron chi connectivity index (χ3n) is 5.15. The van der Waals surface area contributed by atoms with Crippen LogP contribution in [0.15, 0.2) is 34.4 Å². The molecule has 2 atom stereocenters. The van der Waals surface area contributed by atoms with Crippen LogP contribution in [0.5, 0.6) is 0 Å². The van der Waals surface area contributed by atoms with Gasteiger partial charge in [-0.15, -0.1) is 4.91 Å². The molecule has 1 aromatic heterocycles. The minimum atomic E-state index is -1.01.